The summed E-state index contributed by atoms with van der Waals surface area (Å²) in [5, 5.41) is 2.83. The molecule has 2 atom stereocenters. The minimum atomic E-state index is -0.365. The van der Waals surface area contributed by atoms with Crippen LogP contribution in [-0.2, 0) is 11.2 Å². The Labute approximate surface area is 114 Å². The van der Waals surface area contributed by atoms with Crippen molar-refractivity contribution in [3.63, 3.8) is 0 Å². The molecular formula is C16H19NO2. The summed E-state index contributed by atoms with van der Waals surface area (Å²) in [6.45, 7) is 2.14. The Balaban J connectivity index is 1.97. The highest BCUT2D eigenvalue weighted by molar-refractivity contribution is 5.71. The van der Waals surface area contributed by atoms with Gasteiger partial charge in [0, 0.05) is 6.42 Å². The Morgan fingerprint density at radius 2 is 2.11 bits per heavy atom. The first-order valence-electron chi connectivity index (χ1n) is 6.79. The van der Waals surface area contributed by atoms with Gasteiger partial charge in [0.1, 0.15) is 0 Å². The number of amides is 1. The van der Waals surface area contributed by atoms with Crippen LogP contribution in [-0.4, -0.2) is 18.2 Å². The van der Waals surface area contributed by atoms with Crippen LogP contribution >= 0.6 is 0 Å². The van der Waals surface area contributed by atoms with Gasteiger partial charge >= 0.3 is 6.09 Å². The Bertz CT molecular complexity index is 473. The Hall–Kier alpha value is -1.95. The Morgan fingerprint density at radius 3 is 2.84 bits per heavy atom. The third-order valence-electron chi connectivity index (χ3n) is 3.10. The molecule has 3 heteroatoms. The molecule has 1 heterocycles. The molecule has 0 bridgehead atoms. The second kappa shape index (κ2) is 6.84. The highest BCUT2D eigenvalue weighted by Gasteiger charge is 2.32. The van der Waals surface area contributed by atoms with Crippen LogP contribution in [0.3, 0.4) is 0 Å². The number of carbonyl (C=O) groups is 1. The summed E-state index contributed by atoms with van der Waals surface area (Å²) < 4.78 is 5.20. The van der Waals surface area contributed by atoms with Crippen molar-refractivity contribution in [3.8, 4) is 11.8 Å². The molecule has 1 aliphatic rings. The van der Waals surface area contributed by atoms with E-state index in [2.05, 4.69) is 24.1 Å². The molecule has 1 amide bonds. The predicted octanol–water partition coefficient (Wildman–Crippen LogP) is 2.90. The molecule has 0 aliphatic carbocycles. The third kappa shape index (κ3) is 4.03. The first-order chi connectivity index (χ1) is 9.29. The topological polar surface area (TPSA) is 38.3 Å². The number of rotatable bonds is 4. The number of ether oxygens (including phenoxy) is 1. The van der Waals surface area contributed by atoms with Crippen LogP contribution in [0.4, 0.5) is 4.79 Å². The molecule has 0 unspecified atom stereocenters. The van der Waals surface area contributed by atoms with Gasteiger partial charge in [-0.1, -0.05) is 55.5 Å². The maximum atomic E-state index is 11.3. The molecular weight excluding hydrogens is 238 g/mol. The first-order valence-corrected chi connectivity index (χ1v) is 6.79. The largest absolute Gasteiger partial charge is 0.431 e. The number of hydrogen-bond acceptors (Lipinski definition) is 2. The van der Waals surface area contributed by atoms with E-state index in [9.17, 15) is 4.79 Å². The molecule has 100 valence electrons. The van der Waals surface area contributed by atoms with Crippen LogP contribution in [0.25, 0.3) is 0 Å². The van der Waals surface area contributed by atoms with Crippen LogP contribution < -0.4 is 5.32 Å². The lowest BCUT2D eigenvalue weighted by Crippen LogP contribution is -2.32. The van der Waals surface area contributed by atoms with Crippen LogP contribution in [0.1, 0.15) is 31.7 Å². The SMILES string of the molecule is CCCCC#C[C@H]1OC(=O)N[C@H]1Cc1ccccc1. The van der Waals surface area contributed by atoms with Gasteiger partial charge in [-0.05, 0) is 18.4 Å². The van der Waals surface area contributed by atoms with Gasteiger partial charge in [-0.25, -0.2) is 4.79 Å². The van der Waals surface area contributed by atoms with Gasteiger partial charge in [-0.3, -0.25) is 0 Å². The van der Waals surface area contributed by atoms with Gasteiger partial charge in [0.05, 0.1) is 6.04 Å². The normalized spacial score (nSPS) is 21.2. The molecule has 1 aromatic rings. The smallest absolute Gasteiger partial charge is 0.408 e. The number of carbonyl (C=O) groups excluding carboxylic acids is 1. The zero-order valence-electron chi connectivity index (χ0n) is 11.2. The minimum Gasteiger partial charge on any atom is -0.431 e. The molecule has 1 N–H and O–H groups in total. The number of hydrogen-bond donors (Lipinski definition) is 1. The summed E-state index contributed by atoms with van der Waals surface area (Å²) in [6, 6.07) is 10.0. The fraction of sp³-hybridized carbons (Fsp3) is 0.438. The second-order valence-electron chi connectivity index (χ2n) is 4.69. The molecule has 3 nitrogen and oxygen atoms in total. The summed E-state index contributed by atoms with van der Waals surface area (Å²) in [5.74, 6) is 6.16. The molecule has 1 aliphatic heterocycles. The van der Waals surface area contributed by atoms with Gasteiger partial charge in [-0.2, -0.15) is 0 Å². The summed E-state index contributed by atoms with van der Waals surface area (Å²) in [4.78, 5) is 11.3. The zero-order chi connectivity index (χ0) is 13.5. The zero-order valence-corrected chi connectivity index (χ0v) is 11.2. The first kappa shape index (κ1) is 13.5. The van der Waals surface area contributed by atoms with Crippen molar-refractivity contribution in [3.05, 3.63) is 35.9 Å². The van der Waals surface area contributed by atoms with E-state index < -0.39 is 0 Å². The van der Waals surface area contributed by atoms with Gasteiger partial charge in [0.2, 0.25) is 0 Å². The second-order valence-corrected chi connectivity index (χ2v) is 4.69. The van der Waals surface area contributed by atoms with Crippen molar-refractivity contribution in [1.82, 2.24) is 5.32 Å². The predicted molar refractivity (Wildman–Crippen MR) is 74.6 cm³/mol. The van der Waals surface area contributed by atoms with E-state index in [0.717, 1.165) is 25.7 Å². The molecule has 0 saturated carbocycles. The summed E-state index contributed by atoms with van der Waals surface area (Å²) in [6.07, 6.45) is 3.14. The average Bonchev–Trinajstić information content (AvgIpc) is 2.76. The summed E-state index contributed by atoms with van der Waals surface area (Å²) in [7, 11) is 0. The number of cyclic esters (lactones) is 1. The maximum absolute atomic E-state index is 11.3. The molecule has 0 aromatic heterocycles. The summed E-state index contributed by atoms with van der Waals surface area (Å²) >= 11 is 0. The highest BCUT2D eigenvalue weighted by atomic mass is 16.6. The lowest BCUT2D eigenvalue weighted by Gasteiger charge is -2.11. The molecule has 1 aromatic carbocycles. The monoisotopic (exact) mass is 257 g/mol. The Morgan fingerprint density at radius 1 is 1.32 bits per heavy atom. The van der Waals surface area contributed by atoms with Crippen LogP contribution in [0, 0.1) is 11.8 Å². The van der Waals surface area contributed by atoms with Gasteiger partial charge in [-0.15, -0.1) is 0 Å². The van der Waals surface area contributed by atoms with E-state index in [1.54, 1.807) is 0 Å². The number of nitrogens with one attached hydrogen (secondary N) is 1. The average molecular weight is 257 g/mol. The standard InChI is InChI=1S/C16H19NO2/c1-2-3-4-8-11-15-14(17-16(18)19-15)12-13-9-6-5-7-10-13/h5-7,9-10,14-15H,2-4,12H2,1H3,(H,17,18)/t14-,15+/m0/s1. The number of unbranched alkanes of at least 4 members (excludes halogenated alkanes) is 2. The van der Waals surface area contributed by atoms with Gasteiger partial charge < -0.3 is 10.1 Å². The van der Waals surface area contributed by atoms with Crippen molar-refractivity contribution in [1.29, 1.82) is 0 Å². The molecule has 0 radical (unpaired) electrons. The van der Waals surface area contributed by atoms with E-state index in [1.165, 1.54) is 5.56 Å². The molecule has 2 rings (SSSR count). The van der Waals surface area contributed by atoms with E-state index in [1.807, 2.05) is 30.3 Å². The third-order valence-corrected chi connectivity index (χ3v) is 3.10. The molecule has 19 heavy (non-hydrogen) atoms. The summed E-state index contributed by atoms with van der Waals surface area (Å²) in [5.41, 5.74) is 1.18. The number of benzene rings is 1. The van der Waals surface area contributed by atoms with Crippen LogP contribution in [0.15, 0.2) is 30.3 Å². The number of alkyl carbamates (subject to hydrolysis) is 1. The Kier molecular flexibility index (Phi) is 4.85. The maximum Gasteiger partial charge on any atom is 0.408 e. The van der Waals surface area contributed by atoms with Crippen molar-refractivity contribution < 1.29 is 9.53 Å². The van der Waals surface area contributed by atoms with Crippen molar-refractivity contribution in [2.45, 2.75) is 44.8 Å². The minimum absolute atomic E-state index is 0.0518. The fourth-order valence-corrected chi connectivity index (χ4v) is 2.05. The van der Waals surface area contributed by atoms with Gasteiger partial charge in [0.15, 0.2) is 6.10 Å². The lowest BCUT2D eigenvalue weighted by molar-refractivity contribution is 0.156. The molecule has 1 fully saturated rings. The lowest BCUT2D eigenvalue weighted by atomic mass is 10.0. The van der Waals surface area contributed by atoms with E-state index in [0.29, 0.717) is 0 Å². The van der Waals surface area contributed by atoms with E-state index in [-0.39, 0.29) is 18.2 Å². The van der Waals surface area contributed by atoms with Crippen molar-refractivity contribution in [2.75, 3.05) is 0 Å². The molecule has 0 spiro atoms. The van der Waals surface area contributed by atoms with Crippen LogP contribution in [0.5, 0.6) is 0 Å². The molecule has 1 saturated heterocycles. The van der Waals surface area contributed by atoms with Crippen molar-refractivity contribution in [2.24, 2.45) is 0 Å². The fourth-order valence-electron chi connectivity index (χ4n) is 2.05. The van der Waals surface area contributed by atoms with E-state index >= 15 is 0 Å². The van der Waals surface area contributed by atoms with Crippen LogP contribution in [0.2, 0.25) is 0 Å². The van der Waals surface area contributed by atoms with Crippen molar-refractivity contribution >= 4 is 6.09 Å². The van der Waals surface area contributed by atoms with Gasteiger partial charge in [0.25, 0.3) is 0 Å². The highest BCUT2D eigenvalue weighted by Crippen LogP contribution is 2.14. The quantitative estimate of drug-likeness (QED) is 0.665. The van der Waals surface area contributed by atoms with E-state index in [4.69, 9.17) is 4.74 Å².